The van der Waals surface area contributed by atoms with Crippen molar-refractivity contribution >= 4 is 10.8 Å². The fourth-order valence-corrected chi connectivity index (χ4v) is 3.88. The molecule has 0 aliphatic carbocycles. The number of pyridine rings is 1. The van der Waals surface area contributed by atoms with Crippen LogP contribution in [-0.4, -0.2) is 0 Å². The van der Waals surface area contributed by atoms with Gasteiger partial charge < -0.3 is 4.74 Å². The van der Waals surface area contributed by atoms with E-state index in [4.69, 9.17) is 4.74 Å². The van der Waals surface area contributed by atoms with E-state index in [1.807, 2.05) is 26.0 Å². The summed E-state index contributed by atoms with van der Waals surface area (Å²) >= 11 is 0. The van der Waals surface area contributed by atoms with Crippen LogP contribution in [0.25, 0.3) is 22.0 Å². The van der Waals surface area contributed by atoms with Crippen LogP contribution in [0.2, 0.25) is 0 Å². The summed E-state index contributed by atoms with van der Waals surface area (Å²) in [7, 11) is 2.06. The third kappa shape index (κ3) is 2.37. The molecule has 1 aliphatic rings. The molecule has 0 amide bonds. The molecule has 0 saturated heterocycles. The largest absolute Gasteiger partial charge is 0.449 e. The third-order valence-electron chi connectivity index (χ3n) is 5.39. The van der Waals surface area contributed by atoms with Gasteiger partial charge in [0, 0.05) is 17.0 Å². The molecule has 4 rings (SSSR count). The van der Waals surface area contributed by atoms with Crippen molar-refractivity contribution in [1.82, 2.24) is 0 Å². The minimum Gasteiger partial charge on any atom is -0.449 e. The van der Waals surface area contributed by atoms with E-state index in [2.05, 4.69) is 55.9 Å². The standard InChI is InChI=1S/C23H23N2O/c1-14-11-16-7-6-8-18-20(16)19(15(14)2)21-22(26-18)17(9-10-25(21)5)12-23(3,4)13-24/h6-11H,12H2,1-5H3/q+1. The second kappa shape index (κ2) is 5.57. The number of ether oxygens (including phenoxy) is 1. The molecular formula is C23H23N2O+. The number of benzene rings is 2. The molecule has 1 aromatic heterocycles. The van der Waals surface area contributed by atoms with Gasteiger partial charge in [0.15, 0.2) is 6.20 Å². The van der Waals surface area contributed by atoms with Crippen molar-refractivity contribution in [3.8, 4) is 28.8 Å². The zero-order chi connectivity index (χ0) is 18.6. The van der Waals surface area contributed by atoms with Crippen molar-refractivity contribution in [3.05, 3.63) is 53.2 Å². The Morgan fingerprint density at radius 2 is 1.96 bits per heavy atom. The molecule has 0 N–H and O–H groups in total. The highest BCUT2D eigenvalue weighted by atomic mass is 16.5. The minimum absolute atomic E-state index is 0.439. The SMILES string of the molecule is Cc1cc2cccc3c2c(c1C)-c1c(c(CC(C)(C)C#N)cc[n+]1C)O3. The first-order chi connectivity index (χ1) is 12.3. The Balaban J connectivity index is 2.08. The zero-order valence-electron chi connectivity index (χ0n) is 16.0. The predicted molar refractivity (Wildman–Crippen MR) is 103 cm³/mol. The van der Waals surface area contributed by atoms with Gasteiger partial charge in [-0.25, -0.2) is 0 Å². The summed E-state index contributed by atoms with van der Waals surface area (Å²) < 4.78 is 8.55. The van der Waals surface area contributed by atoms with Crippen molar-refractivity contribution in [2.24, 2.45) is 12.5 Å². The number of aromatic nitrogens is 1. The third-order valence-corrected chi connectivity index (χ3v) is 5.39. The summed E-state index contributed by atoms with van der Waals surface area (Å²) in [6.07, 6.45) is 2.73. The minimum atomic E-state index is -0.439. The van der Waals surface area contributed by atoms with E-state index in [1.165, 1.54) is 27.5 Å². The van der Waals surface area contributed by atoms with E-state index in [0.717, 1.165) is 22.8 Å². The molecule has 0 bridgehead atoms. The molecule has 1 aliphatic heterocycles. The molecule has 0 unspecified atom stereocenters. The van der Waals surface area contributed by atoms with Crippen LogP contribution in [0, 0.1) is 30.6 Å². The molecule has 0 fully saturated rings. The summed E-state index contributed by atoms with van der Waals surface area (Å²) in [5.41, 5.74) is 5.54. The molecule has 2 heterocycles. The van der Waals surface area contributed by atoms with Crippen molar-refractivity contribution in [1.29, 1.82) is 5.26 Å². The number of aryl methyl sites for hydroxylation is 2. The van der Waals surface area contributed by atoms with Gasteiger partial charge in [-0.05, 0) is 56.7 Å². The van der Waals surface area contributed by atoms with Crippen LogP contribution in [0.5, 0.6) is 11.5 Å². The first kappa shape index (κ1) is 16.6. The van der Waals surface area contributed by atoms with Gasteiger partial charge in [-0.1, -0.05) is 18.2 Å². The quantitative estimate of drug-likeness (QED) is 0.472. The predicted octanol–water partition coefficient (Wildman–Crippen LogP) is 5.15. The molecule has 26 heavy (non-hydrogen) atoms. The van der Waals surface area contributed by atoms with E-state index in [-0.39, 0.29) is 0 Å². The lowest BCUT2D eigenvalue weighted by atomic mass is 9.85. The maximum Gasteiger partial charge on any atom is 0.256 e. The number of nitriles is 1. The Bertz CT molecular complexity index is 1100. The Labute approximate surface area is 154 Å². The lowest BCUT2D eigenvalue weighted by molar-refractivity contribution is -0.660. The summed E-state index contributed by atoms with van der Waals surface area (Å²) in [4.78, 5) is 0. The van der Waals surface area contributed by atoms with E-state index in [0.29, 0.717) is 6.42 Å². The highest BCUT2D eigenvalue weighted by Crippen LogP contribution is 2.48. The summed E-state index contributed by atoms with van der Waals surface area (Å²) in [6, 6.07) is 12.9. The monoisotopic (exact) mass is 343 g/mol. The Morgan fingerprint density at radius 3 is 2.69 bits per heavy atom. The van der Waals surface area contributed by atoms with Crippen LogP contribution in [0.15, 0.2) is 36.5 Å². The molecule has 3 nitrogen and oxygen atoms in total. The fourth-order valence-electron chi connectivity index (χ4n) is 3.88. The summed E-state index contributed by atoms with van der Waals surface area (Å²) in [5, 5.41) is 11.9. The molecule has 0 spiro atoms. The van der Waals surface area contributed by atoms with E-state index in [1.54, 1.807) is 0 Å². The van der Waals surface area contributed by atoms with Gasteiger partial charge in [0.05, 0.1) is 17.0 Å². The maximum absolute atomic E-state index is 9.48. The van der Waals surface area contributed by atoms with Crippen LogP contribution in [0.3, 0.4) is 0 Å². The first-order valence-electron chi connectivity index (χ1n) is 8.96. The molecule has 0 radical (unpaired) electrons. The highest BCUT2D eigenvalue weighted by molar-refractivity contribution is 6.04. The van der Waals surface area contributed by atoms with E-state index < -0.39 is 5.41 Å². The Morgan fingerprint density at radius 1 is 1.19 bits per heavy atom. The van der Waals surface area contributed by atoms with Crippen LogP contribution in [0.4, 0.5) is 0 Å². The van der Waals surface area contributed by atoms with Crippen LogP contribution < -0.4 is 9.30 Å². The average Bonchev–Trinajstić information content (AvgIpc) is 2.61. The van der Waals surface area contributed by atoms with Crippen LogP contribution in [-0.2, 0) is 13.5 Å². The second-order valence-electron chi connectivity index (χ2n) is 7.95. The molecule has 3 heteroatoms. The fraction of sp³-hybridized carbons (Fsp3) is 0.304. The van der Waals surface area contributed by atoms with Crippen molar-refractivity contribution in [2.75, 3.05) is 0 Å². The molecular weight excluding hydrogens is 320 g/mol. The summed E-state index contributed by atoms with van der Waals surface area (Å²) in [6.45, 7) is 8.29. The normalized spacial score (nSPS) is 12.5. The van der Waals surface area contributed by atoms with Gasteiger partial charge >= 0.3 is 0 Å². The molecule has 130 valence electrons. The lowest BCUT2D eigenvalue weighted by Gasteiger charge is -2.25. The molecule has 0 saturated carbocycles. The molecule has 3 aromatic rings. The molecule has 2 aromatic carbocycles. The summed E-state index contributed by atoms with van der Waals surface area (Å²) in [5.74, 6) is 1.78. The van der Waals surface area contributed by atoms with E-state index in [9.17, 15) is 5.26 Å². The zero-order valence-corrected chi connectivity index (χ0v) is 16.0. The van der Waals surface area contributed by atoms with Gasteiger partial charge in [-0.15, -0.1) is 0 Å². The number of hydrogen-bond donors (Lipinski definition) is 0. The van der Waals surface area contributed by atoms with Gasteiger partial charge in [-0.3, -0.25) is 0 Å². The van der Waals surface area contributed by atoms with Gasteiger partial charge in [0.2, 0.25) is 5.75 Å². The van der Waals surface area contributed by atoms with Crippen molar-refractivity contribution < 1.29 is 9.30 Å². The van der Waals surface area contributed by atoms with Crippen LogP contribution in [0.1, 0.15) is 30.5 Å². The number of fused-ring (bicyclic) bond motifs is 2. The first-order valence-corrected chi connectivity index (χ1v) is 8.96. The van der Waals surface area contributed by atoms with Crippen molar-refractivity contribution in [2.45, 2.75) is 34.1 Å². The lowest BCUT2D eigenvalue weighted by Crippen LogP contribution is -2.33. The topological polar surface area (TPSA) is 36.9 Å². The Hall–Kier alpha value is -2.86. The van der Waals surface area contributed by atoms with Gasteiger partial charge in [-0.2, -0.15) is 9.83 Å². The maximum atomic E-state index is 9.48. The Kier molecular flexibility index (Phi) is 3.56. The smallest absolute Gasteiger partial charge is 0.256 e. The van der Waals surface area contributed by atoms with Gasteiger partial charge in [0.25, 0.3) is 5.69 Å². The highest BCUT2D eigenvalue weighted by Gasteiger charge is 2.33. The van der Waals surface area contributed by atoms with E-state index >= 15 is 0 Å². The molecule has 0 atom stereocenters. The average molecular weight is 343 g/mol. The van der Waals surface area contributed by atoms with Crippen LogP contribution >= 0.6 is 0 Å². The number of hydrogen-bond acceptors (Lipinski definition) is 2. The van der Waals surface area contributed by atoms with Crippen molar-refractivity contribution in [3.63, 3.8) is 0 Å². The van der Waals surface area contributed by atoms with Gasteiger partial charge in [0.1, 0.15) is 12.8 Å². The number of nitrogens with zero attached hydrogens (tertiary/aromatic N) is 2. The number of rotatable bonds is 2. The second-order valence-corrected chi connectivity index (χ2v) is 7.95.